The van der Waals surface area contributed by atoms with Gasteiger partial charge in [0.25, 0.3) is 0 Å². The van der Waals surface area contributed by atoms with Crippen molar-refractivity contribution in [1.82, 2.24) is 0 Å². The molecule has 106 valence electrons. The molecule has 1 unspecified atom stereocenters. The van der Waals surface area contributed by atoms with Gasteiger partial charge in [-0.25, -0.2) is 13.2 Å². The van der Waals surface area contributed by atoms with Crippen molar-refractivity contribution in [1.29, 1.82) is 0 Å². The summed E-state index contributed by atoms with van der Waals surface area (Å²) in [6.07, 6.45) is 0.522. The Morgan fingerprint density at radius 3 is 2.53 bits per heavy atom. The molecule has 0 saturated carbocycles. The van der Waals surface area contributed by atoms with E-state index in [1.807, 2.05) is 6.92 Å². The Labute approximate surface area is 113 Å². The third-order valence-corrected chi connectivity index (χ3v) is 5.12. The van der Waals surface area contributed by atoms with Gasteiger partial charge in [0.15, 0.2) is 9.84 Å². The van der Waals surface area contributed by atoms with Crippen LogP contribution >= 0.6 is 0 Å². The number of rotatable bonds is 6. The smallest absolute Gasteiger partial charge is 0.335 e. The van der Waals surface area contributed by atoms with E-state index >= 15 is 0 Å². The SMILES string of the molecule is CCc1ccc(C(=O)O)cc1S(=O)(=O)C(C)COC. The summed E-state index contributed by atoms with van der Waals surface area (Å²) in [5.74, 6) is -1.14. The van der Waals surface area contributed by atoms with Gasteiger partial charge in [-0.15, -0.1) is 0 Å². The van der Waals surface area contributed by atoms with Crippen molar-refractivity contribution in [3.05, 3.63) is 29.3 Å². The Hall–Kier alpha value is -1.40. The molecule has 0 aliphatic carbocycles. The molecule has 0 aromatic heterocycles. The van der Waals surface area contributed by atoms with E-state index in [-0.39, 0.29) is 17.1 Å². The Kier molecular flexibility index (Phi) is 5.08. The van der Waals surface area contributed by atoms with E-state index in [0.717, 1.165) is 0 Å². The van der Waals surface area contributed by atoms with Crippen LogP contribution in [0.25, 0.3) is 0 Å². The van der Waals surface area contributed by atoms with E-state index in [4.69, 9.17) is 9.84 Å². The van der Waals surface area contributed by atoms with Gasteiger partial charge in [0.2, 0.25) is 0 Å². The van der Waals surface area contributed by atoms with Crippen molar-refractivity contribution in [3.8, 4) is 0 Å². The zero-order valence-corrected chi connectivity index (χ0v) is 12.0. The van der Waals surface area contributed by atoms with Crippen molar-refractivity contribution < 1.29 is 23.1 Å². The van der Waals surface area contributed by atoms with E-state index in [1.54, 1.807) is 13.0 Å². The molecule has 0 radical (unpaired) electrons. The molecule has 0 aliphatic heterocycles. The van der Waals surface area contributed by atoms with Crippen molar-refractivity contribution in [2.45, 2.75) is 30.4 Å². The first kappa shape index (κ1) is 15.7. The van der Waals surface area contributed by atoms with Crippen LogP contribution in [0.4, 0.5) is 0 Å². The standard InChI is InChI=1S/C13H18O5S/c1-4-10-5-6-11(13(14)15)7-12(10)19(16,17)9(2)8-18-3/h5-7,9H,4,8H2,1-3H3,(H,14,15). The minimum Gasteiger partial charge on any atom is -0.478 e. The molecule has 1 atom stereocenters. The van der Waals surface area contributed by atoms with Crippen LogP contribution in [0.3, 0.4) is 0 Å². The number of carboxylic acids is 1. The highest BCUT2D eigenvalue weighted by Crippen LogP contribution is 2.23. The summed E-state index contributed by atoms with van der Waals surface area (Å²) in [5.41, 5.74) is 0.591. The molecule has 0 amide bonds. The predicted octanol–water partition coefficient (Wildman–Crippen LogP) is 1.76. The number of ether oxygens (including phenoxy) is 1. The molecule has 0 heterocycles. The largest absolute Gasteiger partial charge is 0.478 e. The first-order chi connectivity index (χ1) is 8.84. The quantitative estimate of drug-likeness (QED) is 0.861. The van der Waals surface area contributed by atoms with Gasteiger partial charge in [-0.3, -0.25) is 0 Å². The summed E-state index contributed by atoms with van der Waals surface area (Å²) in [4.78, 5) is 11.0. The molecule has 5 nitrogen and oxygen atoms in total. The number of aryl methyl sites for hydroxylation is 1. The van der Waals surface area contributed by atoms with Gasteiger partial charge in [0.1, 0.15) is 0 Å². The summed E-state index contributed by atoms with van der Waals surface area (Å²) in [5, 5.41) is 8.25. The molecule has 0 saturated heterocycles. The number of sulfone groups is 1. The van der Waals surface area contributed by atoms with E-state index in [0.29, 0.717) is 12.0 Å². The number of aromatic carboxylic acids is 1. The number of methoxy groups -OCH3 is 1. The van der Waals surface area contributed by atoms with Crippen LogP contribution in [0.1, 0.15) is 29.8 Å². The Balaban J connectivity index is 3.38. The van der Waals surface area contributed by atoms with Crippen molar-refractivity contribution in [2.24, 2.45) is 0 Å². The van der Waals surface area contributed by atoms with Crippen LogP contribution in [0.2, 0.25) is 0 Å². The zero-order chi connectivity index (χ0) is 14.6. The molecule has 0 bridgehead atoms. The second-order valence-electron chi connectivity index (χ2n) is 4.29. The van der Waals surface area contributed by atoms with E-state index in [1.165, 1.54) is 19.2 Å². The molecular weight excluding hydrogens is 268 g/mol. The minimum absolute atomic E-state index is 0.0274. The average Bonchev–Trinajstić information content (AvgIpc) is 2.38. The lowest BCUT2D eigenvalue weighted by molar-refractivity contribution is 0.0696. The Morgan fingerprint density at radius 1 is 1.42 bits per heavy atom. The lowest BCUT2D eigenvalue weighted by atomic mass is 10.1. The van der Waals surface area contributed by atoms with E-state index in [9.17, 15) is 13.2 Å². The van der Waals surface area contributed by atoms with E-state index in [2.05, 4.69) is 0 Å². The Morgan fingerprint density at radius 2 is 2.05 bits per heavy atom. The molecule has 1 aromatic rings. The van der Waals surface area contributed by atoms with Crippen molar-refractivity contribution in [2.75, 3.05) is 13.7 Å². The summed E-state index contributed by atoms with van der Waals surface area (Å²) < 4.78 is 29.7. The highest BCUT2D eigenvalue weighted by atomic mass is 32.2. The number of carbonyl (C=O) groups is 1. The molecule has 0 aliphatic rings. The zero-order valence-electron chi connectivity index (χ0n) is 11.2. The molecule has 1 aromatic carbocycles. The molecular formula is C13H18O5S. The number of hydrogen-bond donors (Lipinski definition) is 1. The van der Waals surface area contributed by atoms with Gasteiger partial charge >= 0.3 is 5.97 Å². The second kappa shape index (κ2) is 6.16. The Bertz CT molecular complexity index is 562. The van der Waals surface area contributed by atoms with Gasteiger partial charge in [-0.1, -0.05) is 13.0 Å². The number of hydrogen-bond acceptors (Lipinski definition) is 4. The van der Waals surface area contributed by atoms with Crippen LogP contribution in [0.5, 0.6) is 0 Å². The van der Waals surface area contributed by atoms with Crippen molar-refractivity contribution >= 4 is 15.8 Å². The third-order valence-electron chi connectivity index (χ3n) is 2.93. The molecule has 1 N–H and O–H groups in total. The molecule has 1 rings (SSSR count). The summed E-state index contributed by atoms with van der Waals surface area (Å²) in [6, 6.07) is 4.19. The maximum atomic E-state index is 12.4. The maximum absolute atomic E-state index is 12.4. The van der Waals surface area contributed by atoms with Gasteiger partial charge in [-0.2, -0.15) is 0 Å². The van der Waals surface area contributed by atoms with Gasteiger partial charge in [-0.05, 0) is 31.0 Å². The van der Waals surface area contributed by atoms with Gasteiger partial charge in [0, 0.05) is 7.11 Å². The lowest BCUT2D eigenvalue weighted by Gasteiger charge is -2.15. The normalized spacial score (nSPS) is 13.2. The molecule has 6 heteroatoms. The summed E-state index contributed by atoms with van der Waals surface area (Å²) in [7, 11) is -2.16. The molecule has 19 heavy (non-hydrogen) atoms. The topological polar surface area (TPSA) is 80.7 Å². The molecule has 0 spiro atoms. The summed E-state index contributed by atoms with van der Waals surface area (Å²) >= 11 is 0. The monoisotopic (exact) mass is 286 g/mol. The fraction of sp³-hybridized carbons (Fsp3) is 0.462. The van der Waals surface area contributed by atoms with Crippen LogP contribution in [0, 0.1) is 0 Å². The first-order valence-corrected chi connectivity index (χ1v) is 7.48. The van der Waals surface area contributed by atoms with Crippen molar-refractivity contribution in [3.63, 3.8) is 0 Å². The highest BCUT2D eigenvalue weighted by molar-refractivity contribution is 7.92. The fourth-order valence-corrected chi connectivity index (χ4v) is 3.40. The average molecular weight is 286 g/mol. The highest BCUT2D eigenvalue weighted by Gasteiger charge is 2.26. The minimum atomic E-state index is -3.59. The first-order valence-electron chi connectivity index (χ1n) is 5.93. The summed E-state index contributed by atoms with van der Waals surface area (Å²) in [6.45, 7) is 3.45. The van der Waals surface area contributed by atoms with Crippen LogP contribution < -0.4 is 0 Å². The fourth-order valence-electron chi connectivity index (χ4n) is 1.79. The predicted molar refractivity (Wildman–Crippen MR) is 71.3 cm³/mol. The third kappa shape index (κ3) is 3.33. The van der Waals surface area contributed by atoms with Gasteiger partial charge in [0.05, 0.1) is 22.3 Å². The molecule has 0 fully saturated rings. The lowest BCUT2D eigenvalue weighted by Crippen LogP contribution is -2.24. The van der Waals surface area contributed by atoms with Crippen LogP contribution in [-0.4, -0.2) is 38.5 Å². The van der Waals surface area contributed by atoms with Crippen LogP contribution in [0.15, 0.2) is 23.1 Å². The van der Waals surface area contributed by atoms with E-state index < -0.39 is 21.1 Å². The van der Waals surface area contributed by atoms with Crippen LogP contribution in [-0.2, 0) is 21.0 Å². The van der Waals surface area contributed by atoms with Gasteiger partial charge < -0.3 is 9.84 Å². The maximum Gasteiger partial charge on any atom is 0.335 e. The number of carboxylic acid groups (broad SMARTS) is 1. The second-order valence-corrected chi connectivity index (χ2v) is 6.63. The number of benzene rings is 1.